The van der Waals surface area contributed by atoms with Gasteiger partial charge in [0.15, 0.2) is 0 Å². The van der Waals surface area contributed by atoms with E-state index in [2.05, 4.69) is 10.3 Å². The fourth-order valence-electron chi connectivity index (χ4n) is 4.25. The SMILES string of the molecule is COc1ccc(N(Cc2cccs2)C(=O)CN2C(=O)N[C@@H](Cc3c[nH]c4ccccc34)C2=O)cc1. The molecule has 4 amide bonds. The van der Waals surface area contributed by atoms with Gasteiger partial charge in [-0.15, -0.1) is 11.3 Å². The minimum absolute atomic E-state index is 0.339. The number of aromatic nitrogens is 1. The number of H-pyrrole nitrogens is 1. The summed E-state index contributed by atoms with van der Waals surface area (Å²) in [6.45, 7) is -0.00228. The molecule has 8 nitrogen and oxygen atoms in total. The number of amides is 4. The van der Waals surface area contributed by atoms with E-state index in [1.807, 2.05) is 48.0 Å². The predicted octanol–water partition coefficient (Wildman–Crippen LogP) is 3.93. The van der Waals surface area contributed by atoms with Gasteiger partial charge in [-0.1, -0.05) is 24.3 Å². The number of imide groups is 1. The van der Waals surface area contributed by atoms with Crippen LogP contribution in [0.2, 0.25) is 0 Å². The van der Waals surface area contributed by atoms with E-state index in [1.54, 1.807) is 36.3 Å². The van der Waals surface area contributed by atoms with E-state index in [0.29, 0.717) is 24.4 Å². The zero-order valence-corrected chi connectivity index (χ0v) is 19.9. The highest BCUT2D eigenvalue weighted by Crippen LogP contribution is 2.24. The Balaban J connectivity index is 1.33. The summed E-state index contributed by atoms with van der Waals surface area (Å²) in [6, 6.07) is 17.5. The molecule has 1 saturated heterocycles. The van der Waals surface area contributed by atoms with Crippen LogP contribution in [0.25, 0.3) is 10.9 Å². The number of nitrogens with zero attached hydrogens (tertiary/aromatic N) is 2. The van der Waals surface area contributed by atoms with Crippen molar-refractivity contribution in [1.82, 2.24) is 15.2 Å². The van der Waals surface area contributed by atoms with Gasteiger partial charge in [-0.25, -0.2) is 4.79 Å². The van der Waals surface area contributed by atoms with Gasteiger partial charge in [0.1, 0.15) is 18.3 Å². The Kier molecular flexibility index (Phi) is 6.24. The van der Waals surface area contributed by atoms with Crippen molar-refractivity contribution < 1.29 is 19.1 Å². The van der Waals surface area contributed by atoms with Crippen LogP contribution >= 0.6 is 11.3 Å². The molecule has 1 atom stereocenters. The number of aromatic amines is 1. The average molecular weight is 489 g/mol. The lowest BCUT2D eigenvalue weighted by atomic mass is 10.1. The van der Waals surface area contributed by atoms with E-state index < -0.39 is 18.0 Å². The molecule has 178 valence electrons. The Hall–Kier alpha value is -4.11. The Bertz CT molecular complexity index is 1360. The van der Waals surface area contributed by atoms with Gasteiger partial charge in [-0.3, -0.25) is 14.5 Å². The van der Waals surface area contributed by atoms with Crippen LogP contribution in [-0.4, -0.2) is 47.4 Å². The summed E-state index contributed by atoms with van der Waals surface area (Å²) in [5.41, 5.74) is 2.56. The average Bonchev–Trinajstić information content (AvgIpc) is 3.60. The molecule has 1 aliphatic heterocycles. The van der Waals surface area contributed by atoms with Crippen LogP contribution in [-0.2, 0) is 22.6 Å². The molecule has 9 heteroatoms. The highest BCUT2D eigenvalue weighted by Gasteiger charge is 2.40. The van der Waals surface area contributed by atoms with Crippen LogP contribution in [0.5, 0.6) is 5.75 Å². The number of carbonyl (C=O) groups is 3. The molecule has 2 N–H and O–H groups in total. The molecule has 1 fully saturated rings. The van der Waals surface area contributed by atoms with E-state index in [9.17, 15) is 14.4 Å². The second kappa shape index (κ2) is 9.63. The third kappa shape index (κ3) is 4.63. The van der Waals surface area contributed by atoms with Crippen molar-refractivity contribution >= 4 is 45.8 Å². The van der Waals surface area contributed by atoms with Crippen LogP contribution in [0.3, 0.4) is 0 Å². The Morgan fingerprint density at radius 3 is 2.63 bits per heavy atom. The summed E-state index contributed by atoms with van der Waals surface area (Å²) >= 11 is 1.54. The summed E-state index contributed by atoms with van der Waals surface area (Å²) in [5.74, 6) is -0.0780. The number of para-hydroxylation sites is 1. The first-order valence-electron chi connectivity index (χ1n) is 11.2. The summed E-state index contributed by atoms with van der Waals surface area (Å²) < 4.78 is 5.22. The molecule has 1 aliphatic rings. The Morgan fingerprint density at radius 2 is 1.89 bits per heavy atom. The minimum Gasteiger partial charge on any atom is -0.497 e. The third-order valence-electron chi connectivity index (χ3n) is 6.08. The fourth-order valence-corrected chi connectivity index (χ4v) is 4.94. The van der Waals surface area contributed by atoms with Crippen molar-refractivity contribution in [3.8, 4) is 5.75 Å². The van der Waals surface area contributed by atoms with Gasteiger partial charge in [0.25, 0.3) is 5.91 Å². The maximum atomic E-state index is 13.4. The number of methoxy groups -OCH3 is 1. The lowest BCUT2D eigenvalue weighted by Crippen LogP contribution is -2.43. The molecular formula is C26H24N4O4S. The zero-order valence-electron chi connectivity index (χ0n) is 19.1. The molecule has 5 rings (SSSR count). The van der Waals surface area contributed by atoms with Crippen molar-refractivity contribution in [3.63, 3.8) is 0 Å². The van der Waals surface area contributed by atoms with Crippen molar-refractivity contribution in [3.05, 3.63) is 82.7 Å². The largest absolute Gasteiger partial charge is 0.497 e. The first kappa shape index (κ1) is 22.7. The van der Waals surface area contributed by atoms with Gasteiger partial charge in [-0.05, 0) is 47.3 Å². The number of nitrogens with one attached hydrogen (secondary N) is 2. The van der Waals surface area contributed by atoms with E-state index in [0.717, 1.165) is 26.2 Å². The summed E-state index contributed by atoms with van der Waals surface area (Å²) in [7, 11) is 1.58. The van der Waals surface area contributed by atoms with Crippen LogP contribution in [0, 0.1) is 0 Å². The molecule has 0 spiro atoms. The van der Waals surface area contributed by atoms with Gasteiger partial charge < -0.3 is 19.9 Å². The van der Waals surface area contributed by atoms with Crippen LogP contribution in [0.15, 0.2) is 72.2 Å². The van der Waals surface area contributed by atoms with Crippen molar-refractivity contribution in [2.45, 2.75) is 19.0 Å². The molecule has 0 aliphatic carbocycles. The molecule has 0 bridgehead atoms. The number of carbonyl (C=O) groups excluding carboxylic acids is 3. The Morgan fingerprint density at radius 1 is 1.09 bits per heavy atom. The van der Waals surface area contributed by atoms with Crippen LogP contribution in [0.4, 0.5) is 10.5 Å². The van der Waals surface area contributed by atoms with Gasteiger partial charge in [0, 0.05) is 34.1 Å². The maximum Gasteiger partial charge on any atom is 0.325 e. The zero-order chi connectivity index (χ0) is 24.4. The molecular weight excluding hydrogens is 464 g/mol. The predicted molar refractivity (Wildman–Crippen MR) is 135 cm³/mol. The van der Waals surface area contributed by atoms with Crippen molar-refractivity contribution in [2.24, 2.45) is 0 Å². The lowest BCUT2D eigenvalue weighted by molar-refractivity contribution is -0.131. The van der Waals surface area contributed by atoms with Crippen molar-refractivity contribution in [2.75, 3.05) is 18.6 Å². The number of anilines is 1. The van der Waals surface area contributed by atoms with E-state index in [-0.39, 0.29) is 12.5 Å². The third-order valence-corrected chi connectivity index (χ3v) is 6.94. The topological polar surface area (TPSA) is 94.7 Å². The smallest absolute Gasteiger partial charge is 0.325 e. The van der Waals surface area contributed by atoms with E-state index in [4.69, 9.17) is 4.74 Å². The van der Waals surface area contributed by atoms with E-state index in [1.165, 1.54) is 11.3 Å². The minimum atomic E-state index is -0.721. The lowest BCUT2D eigenvalue weighted by Gasteiger charge is -2.24. The number of hydrogen-bond acceptors (Lipinski definition) is 5. The summed E-state index contributed by atoms with van der Waals surface area (Å²) in [6.07, 6.45) is 2.20. The van der Waals surface area contributed by atoms with Crippen LogP contribution < -0.4 is 15.0 Å². The maximum absolute atomic E-state index is 13.4. The quantitative estimate of drug-likeness (QED) is 0.368. The van der Waals surface area contributed by atoms with Gasteiger partial charge in [-0.2, -0.15) is 0 Å². The second-order valence-corrected chi connectivity index (χ2v) is 9.28. The number of thiophene rings is 1. The molecule has 2 aromatic heterocycles. The van der Waals surface area contributed by atoms with Crippen LogP contribution in [0.1, 0.15) is 10.4 Å². The van der Waals surface area contributed by atoms with E-state index >= 15 is 0 Å². The molecule has 0 unspecified atom stereocenters. The van der Waals surface area contributed by atoms with Gasteiger partial charge >= 0.3 is 6.03 Å². The van der Waals surface area contributed by atoms with Gasteiger partial charge in [0.2, 0.25) is 5.91 Å². The standard InChI is InChI=1S/C26H24N4O4S/c1-34-19-10-8-18(9-11-19)29(15-20-5-4-12-35-20)24(31)16-30-25(32)23(28-26(30)33)13-17-14-27-22-7-3-2-6-21(17)22/h2-12,14,23,27H,13,15-16H2,1H3,(H,28,33)/t23-/m0/s1. The summed E-state index contributed by atoms with van der Waals surface area (Å²) in [4.78, 5) is 46.0. The summed E-state index contributed by atoms with van der Waals surface area (Å²) in [5, 5.41) is 5.69. The fraction of sp³-hybridized carbons (Fsp3) is 0.192. The number of hydrogen-bond donors (Lipinski definition) is 2. The highest BCUT2D eigenvalue weighted by atomic mass is 32.1. The van der Waals surface area contributed by atoms with Gasteiger partial charge in [0.05, 0.1) is 13.7 Å². The molecule has 4 aromatic rings. The first-order chi connectivity index (χ1) is 17.0. The molecule has 3 heterocycles. The number of benzene rings is 2. The monoisotopic (exact) mass is 488 g/mol. The number of rotatable bonds is 8. The number of ether oxygens (including phenoxy) is 1. The normalized spacial score (nSPS) is 15.5. The Labute approximate surface area is 206 Å². The molecule has 0 radical (unpaired) electrons. The molecule has 35 heavy (non-hydrogen) atoms. The van der Waals surface area contributed by atoms with Crippen molar-refractivity contribution in [1.29, 1.82) is 0 Å². The molecule has 0 saturated carbocycles. The highest BCUT2D eigenvalue weighted by molar-refractivity contribution is 7.09. The first-order valence-corrected chi connectivity index (χ1v) is 12.0. The number of fused-ring (bicyclic) bond motifs is 1. The second-order valence-electron chi connectivity index (χ2n) is 8.25. The molecule has 2 aromatic carbocycles. The number of urea groups is 1.